The maximum absolute atomic E-state index is 11.9. The first kappa shape index (κ1) is 15.4. The van der Waals surface area contributed by atoms with Crippen LogP contribution in [0.4, 0.5) is 0 Å². The van der Waals surface area contributed by atoms with Crippen LogP contribution >= 0.6 is 0 Å². The molecule has 0 bridgehead atoms. The average molecular weight is 255 g/mol. The molecule has 1 aliphatic rings. The van der Waals surface area contributed by atoms with Crippen LogP contribution < -0.4 is 11.1 Å². The van der Waals surface area contributed by atoms with Crippen LogP contribution in [-0.4, -0.2) is 42.0 Å². The summed E-state index contributed by atoms with van der Waals surface area (Å²) in [7, 11) is 0. The van der Waals surface area contributed by atoms with E-state index in [1.807, 2.05) is 13.8 Å². The van der Waals surface area contributed by atoms with E-state index in [1.54, 1.807) is 0 Å². The minimum atomic E-state index is 0.114. The molecule has 18 heavy (non-hydrogen) atoms. The number of nitrogens with zero attached hydrogens (tertiary/aromatic N) is 1. The molecule has 4 heteroatoms. The summed E-state index contributed by atoms with van der Waals surface area (Å²) in [4.78, 5) is 14.1. The quantitative estimate of drug-likeness (QED) is 0.732. The summed E-state index contributed by atoms with van der Waals surface area (Å²) in [6, 6.07) is 0.800. The molecule has 0 saturated heterocycles. The van der Waals surface area contributed by atoms with Gasteiger partial charge in [-0.05, 0) is 33.2 Å². The van der Waals surface area contributed by atoms with E-state index in [1.165, 1.54) is 19.3 Å². The fourth-order valence-electron chi connectivity index (χ4n) is 2.79. The van der Waals surface area contributed by atoms with Crippen molar-refractivity contribution in [1.82, 2.24) is 10.2 Å². The van der Waals surface area contributed by atoms with Crippen molar-refractivity contribution >= 4 is 5.91 Å². The Morgan fingerprint density at radius 2 is 2.00 bits per heavy atom. The summed E-state index contributed by atoms with van der Waals surface area (Å²) in [5.41, 5.74) is 6.26. The maximum Gasteiger partial charge on any atom is 0.234 e. The Morgan fingerprint density at radius 1 is 1.33 bits per heavy atom. The third-order valence-corrected chi connectivity index (χ3v) is 3.70. The largest absolute Gasteiger partial charge is 0.353 e. The lowest BCUT2D eigenvalue weighted by atomic mass is 10.0. The topological polar surface area (TPSA) is 58.4 Å². The summed E-state index contributed by atoms with van der Waals surface area (Å²) in [6.45, 7) is 7.47. The summed E-state index contributed by atoms with van der Waals surface area (Å²) < 4.78 is 0. The normalized spacial score (nSPS) is 25.2. The summed E-state index contributed by atoms with van der Waals surface area (Å²) >= 11 is 0. The van der Waals surface area contributed by atoms with Gasteiger partial charge < -0.3 is 11.1 Å². The van der Waals surface area contributed by atoms with Gasteiger partial charge in [0.1, 0.15) is 0 Å². The van der Waals surface area contributed by atoms with Gasteiger partial charge in [-0.3, -0.25) is 9.69 Å². The number of likely N-dealkylation sites (N-methyl/N-ethyl adjacent to an activating group) is 1. The van der Waals surface area contributed by atoms with E-state index in [0.29, 0.717) is 12.6 Å². The van der Waals surface area contributed by atoms with Crippen LogP contribution in [-0.2, 0) is 4.79 Å². The maximum atomic E-state index is 11.9. The molecule has 0 radical (unpaired) electrons. The smallest absolute Gasteiger partial charge is 0.234 e. The minimum absolute atomic E-state index is 0.114. The highest BCUT2D eigenvalue weighted by atomic mass is 16.2. The minimum Gasteiger partial charge on any atom is -0.353 e. The molecular weight excluding hydrogens is 226 g/mol. The van der Waals surface area contributed by atoms with Crippen molar-refractivity contribution in [3.8, 4) is 0 Å². The van der Waals surface area contributed by atoms with Crippen LogP contribution in [0, 0.1) is 0 Å². The second kappa shape index (κ2) is 7.74. The Hall–Kier alpha value is -0.610. The van der Waals surface area contributed by atoms with Gasteiger partial charge >= 0.3 is 0 Å². The molecule has 1 aliphatic carbocycles. The highest BCUT2D eigenvalue weighted by Gasteiger charge is 2.26. The lowest BCUT2D eigenvalue weighted by Gasteiger charge is -2.33. The molecule has 1 rings (SSSR count). The van der Waals surface area contributed by atoms with Gasteiger partial charge in [-0.15, -0.1) is 0 Å². The SMILES string of the molecule is CCN(CC(=O)NC(C)C)C1CCCCCC1N. The average Bonchev–Trinajstić information content (AvgIpc) is 2.50. The molecule has 0 aromatic heterocycles. The molecular formula is C14H29N3O. The van der Waals surface area contributed by atoms with Gasteiger partial charge in [-0.1, -0.05) is 26.2 Å². The van der Waals surface area contributed by atoms with Gasteiger partial charge in [-0.25, -0.2) is 0 Å². The fourth-order valence-corrected chi connectivity index (χ4v) is 2.79. The zero-order valence-electron chi connectivity index (χ0n) is 12.1. The van der Waals surface area contributed by atoms with E-state index in [0.717, 1.165) is 19.4 Å². The number of nitrogens with two attached hydrogens (primary N) is 1. The third kappa shape index (κ3) is 4.94. The lowest BCUT2D eigenvalue weighted by molar-refractivity contribution is -0.123. The van der Waals surface area contributed by atoms with Crippen LogP contribution in [0.5, 0.6) is 0 Å². The lowest BCUT2D eigenvalue weighted by Crippen LogP contribution is -2.51. The van der Waals surface area contributed by atoms with Crippen LogP contribution in [0.15, 0.2) is 0 Å². The molecule has 3 N–H and O–H groups in total. The molecule has 0 aliphatic heterocycles. The molecule has 1 saturated carbocycles. The first-order chi connectivity index (χ1) is 8.54. The van der Waals surface area contributed by atoms with Crippen LogP contribution in [0.1, 0.15) is 52.9 Å². The molecule has 4 nitrogen and oxygen atoms in total. The molecule has 0 aromatic carbocycles. The standard InChI is InChI=1S/C14H29N3O/c1-4-17(10-14(18)16-11(2)3)13-9-7-5-6-8-12(13)15/h11-13H,4-10,15H2,1-3H3,(H,16,18). The van der Waals surface area contributed by atoms with Gasteiger partial charge in [-0.2, -0.15) is 0 Å². The molecule has 2 unspecified atom stereocenters. The first-order valence-electron chi connectivity index (χ1n) is 7.33. The van der Waals surface area contributed by atoms with Crippen molar-refractivity contribution in [1.29, 1.82) is 0 Å². The predicted octanol–water partition coefficient (Wildman–Crippen LogP) is 1.49. The van der Waals surface area contributed by atoms with Crippen molar-refractivity contribution < 1.29 is 4.79 Å². The van der Waals surface area contributed by atoms with Crippen molar-refractivity contribution in [2.45, 2.75) is 71.0 Å². The number of hydrogen-bond acceptors (Lipinski definition) is 3. The number of carbonyl (C=O) groups excluding carboxylic acids is 1. The summed E-state index contributed by atoms with van der Waals surface area (Å²) in [6.07, 6.45) is 5.96. The van der Waals surface area contributed by atoms with Gasteiger partial charge in [0.2, 0.25) is 5.91 Å². The third-order valence-electron chi connectivity index (χ3n) is 3.70. The van der Waals surface area contributed by atoms with E-state index in [4.69, 9.17) is 5.73 Å². The van der Waals surface area contributed by atoms with Crippen LogP contribution in [0.3, 0.4) is 0 Å². The highest BCUT2D eigenvalue weighted by Crippen LogP contribution is 2.21. The summed E-state index contributed by atoms with van der Waals surface area (Å²) in [5, 5.41) is 2.96. The second-order valence-electron chi connectivity index (χ2n) is 5.65. The van der Waals surface area contributed by atoms with E-state index in [9.17, 15) is 4.79 Å². The molecule has 1 amide bonds. The van der Waals surface area contributed by atoms with Crippen molar-refractivity contribution in [3.63, 3.8) is 0 Å². The Labute approximate surface area is 111 Å². The molecule has 0 spiro atoms. The van der Waals surface area contributed by atoms with Crippen LogP contribution in [0.25, 0.3) is 0 Å². The van der Waals surface area contributed by atoms with Gasteiger partial charge in [0.15, 0.2) is 0 Å². The zero-order chi connectivity index (χ0) is 13.5. The Balaban J connectivity index is 2.55. The molecule has 2 atom stereocenters. The van der Waals surface area contributed by atoms with Crippen molar-refractivity contribution in [3.05, 3.63) is 0 Å². The van der Waals surface area contributed by atoms with Crippen LogP contribution in [0.2, 0.25) is 0 Å². The van der Waals surface area contributed by atoms with Gasteiger partial charge in [0.05, 0.1) is 6.54 Å². The predicted molar refractivity (Wildman–Crippen MR) is 75.4 cm³/mol. The van der Waals surface area contributed by atoms with Gasteiger partial charge in [0.25, 0.3) is 0 Å². The van der Waals surface area contributed by atoms with Crippen molar-refractivity contribution in [2.75, 3.05) is 13.1 Å². The second-order valence-corrected chi connectivity index (χ2v) is 5.65. The molecule has 0 aromatic rings. The number of rotatable bonds is 5. The monoisotopic (exact) mass is 255 g/mol. The highest BCUT2D eigenvalue weighted by molar-refractivity contribution is 5.78. The first-order valence-corrected chi connectivity index (χ1v) is 7.33. The fraction of sp³-hybridized carbons (Fsp3) is 0.929. The number of nitrogens with one attached hydrogen (secondary N) is 1. The van der Waals surface area contributed by atoms with Crippen molar-refractivity contribution in [2.24, 2.45) is 5.73 Å². The van der Waals surface area contributed by atoms with E-state index in [2.05, 4.69) is 17.1 Å². The number of amides is 1. The Morgan fingerprint density at radius 3 is 2.61 bits per heavy atom. The number of hydrogen-bond donors (Lipinski definition) is 2. The van der Waals surface area contributed by atoms with E-state index in [-0.39, 0.29) is 18.0 Å². The number of carbonyl (C=O) groups is 1. The zero-order valence-corrected chi connectivity index (χ0v) is 12.1. The Bertz CT molecular complexity index is 255. The molecule has 1 fully saturated rings. The van der Waals surface area contributed by atoms with E-state index < -0.39 is 0 Å². The van der Waals surface area contributed by atoms with E-state index >= 15 is 0 Å². The summed E-state index contributed by atoms with van der Waals surface area (Å²) in [5.74, 6) is 0.114. The van der Waals surface area contributed by atoms with Gasteiger partial charge in [0, 0.05) is 18.1 Å². The Kier molecular flexibility index (Phi) is 6.65. The molecule has 0 heterocycles. The molecule has 106 valence electrons.